The number of ether oxygens (including phenoxy) is 1. The molecule has 0 unspecified atom stereocenters. The second-order valence-corrected chi connectivity index (χ2v) is 3.55. The highest BCUT2D eigenvalue weighted by molar-refractivity contribution is 9.09. The van der Waals surface area contributed by atoms with Crippen molar-refractivity contribution in [1.29, 1.82) is 0 Å². The first kappa shape index (κ1) is 12.9. The molecule has 0 saturated heterocycles. The number of hydrogen-bond donors (Lipinski definition) is 1. The number of alkyl halides is 1. The molecule has 0 radical (unpaired) electrons. The average molecular weight is 252 g/mol. The molecule has 0 fully saturated rings. The van der Waals surface area contributed by atoms with Gasteiger partial charge in [-0.15, -0.1) is 0 Å². The Balaban J connectivity index is 3.08. The topological polar surface area (TPSA) is 38.3 Å². The zero-order valence-corrected chi connectivity index (χ0v) is 9.73. The Bertz CT molecular complexity index is 131. The van der Waals surface area contributed by atoms with Gasteiger partial charge >= 0.3 is 0 Å². The second-order valence-electron chi connectivity index (χ2n) is 2.75. The number of unbranched alkanes of at least 4 members (excludes halogenated alkanes) is 1. The lowest BCUT2D eigenvalue weighted by atomic mass is 10.2. The minimum absolute atomic E-state index is 0.129. The first-order valence-electron chi connectivity index (χ1n) is 4.71. The molecule has 13 heavy (non-hydrogen) atoms. The van der Waals surface area contributed by atoms with Gasteiger partial charge in [0.15, 0.2) is 0 Å². The van der Waals surface area contributed by atoms with E-state index in [-0.39, 0.29) is 5.91 Å². The molecule has 0 saturated carbocycles. The predicted molar refractivity (Wildman–Crippen MR) is 57.1 cm³/mol. The van der Waals surface area contributed by atoms with Gasteiger partial charge in [0.25, 0.3) is 0 Å². The zero-order chi connectivity index (χ0) is 9.94. The highest BCUT2D eigenvalue weighted by atomic mass is 79.9. The maximum atomic E-state index is 11.1. The fraction of sp³-hybridized carbons (Fsp3) is 0.889. The average Bonchev–Trinajstić information content (AvgIpc) is 2.14. The summed E-state index contributed by atoms with van der Waals surface area (Å²) in [4.78, 5) is 11.1. The van der Waals surface area contributed by atoms with E-state index in [9.17, 15) is 4.79 Å². The van der Waals surface area contributed by atoms with Crippen LogP contribution in [0.4, 0.5) is 0 Å². The molecule has 0 rings (SSSR count). The molecule has 1 N–H and O–H groups in total. The smallest absolute Gasteiger partial charge is 0.220 e. The van der Waals surface area contributed by atoms with Crippen LogP contribution in [0, 0.1) is 0 Å². The van der Waals surface area contributed by atoms with E-state index in [2.05, 4.69) is 28.2 Å². The quantitative estimate of drug-likeness (QED) is 0.527. The van der Waals surface area contributed by atoms with Crippen LogP contribution < -0.4 is 5.32 Å². The third-order valence-corrected chi connectivity index (χ3v) is 1.87. The van der Waals surface area contributed by atoms with E-state index in [4.69, 9.17) is 4.74 Å². The molecule has 0 bridgehead atoms. The third kappa shape index (κ3) is 9.83. The van der Waals surface area contributed by atoms with Crippen LogP contribution in [0.25, 0.3) is 0 Å². The van der Waals surface area contributed by atoms with Gasteiger partial charge in [0.2, 0.25) is 5.91 Å². The zero-order valence-electron chi connectivity index (χ0n) is 8.14. The van der Waals surface area contributed by atoms with E-state index in [1.165, 1.54) is 0 Å². The Kier molecular flexibility index (Phi) is 9.92. The van der Waals surface area contributed by atoms with E-state index in [1.54, 1.807) is 0 Å². The number of amides is 1. The van der Waals surface area contributed by atoms with Gasteiger partial charge in [0.1, 0.15) is 0 Å². The minimum Gasteiger partial charge on any atom is -0.379 e. The highest BCUT2D eigenvalue weighted by Crippen LogP contribution is 1.92. The van der Waals surface area contributed by atoms with E-state index in [0.29, 0.717) is 26.2 Å². The Labute approximate surface area is 88.4 Å². The Morgan fingerprint density at radius 3 is 2.85 bits per heavy atom. The summed E-state index contributed by atoms with van der Waals surface area (Å²) in [6.45, 7) is 4.00. The molecule has 0 aromatic carbocycles. The summed E-state index contributed by atoms with van der Waals surface area (Å²) in [6, 6.07) is 0. The lowest BCUT2D eigenvalue weighted by Crippen LogP contribution is -2.27. The number of hydrogen-bond acceptors (Lipinski definition) is 2. The molecule has 0 aromatic rings. The van der Waals surface area contributed by atoms with Crippen LogP contribution in [0.5, 0.6) is 0 Å². The fourth-order valence-electron chi connectivity index (χ4n) is 0.845. The van der Waals surface area contributed by atoms with Crippen molar-refractivity contribution < 1.29 is 9.53 Å². The molecule has 0 aliphatic heterocycles. The molecular formula is C9H18BrNO2. The Morgan fingerprint density at radius 2 is 2.23 bits per heavy atom. The van der Waals surface area contributed by atoms with Crippen LogP contribution in [-0.2, 0) is 9.53 Å². The molecule has 0 heterocycles. The van der Waals surface area contributed by atoms with Crippen molar-refractivity contribution in [1.82, 2.24) is 5.32 Å². The van der Waals surface area contributed by atoms with Crippen LogP contribution in [0.1, 0.15) is 26.2 Å². The Morgan fingerprint density at radius 1 is 1.46 bits per heavy atom. The van der Waals surface area contributed by atoms with Crippen molar-refractivity contribution in [2.45, 2.75) is 26.2 Å². The van der Waals surface area contributed by atoms with E-state index in [1.807, 2.05) is 0 Å². The van der Waals surface area contributed by atoms with E-state index < -0.39 is 0 Å². The van der Waals surface area contributed by atoms with Crippen LogP contribution in [0.3, 0.4) is 0 Å². The summed E-state index contributed by atoms with van der Waals surface area (Å²) in [5, 5.41) is 3.64. The first-order chi connectivity index (χ1) is 6.31. The van der Waals surface area contributed by atoms with Crippen molar-refractivity contribution in [3.63, 3.8) is 0 Å². The summed E-state index contributed by atoms with van der Waals surface area (Å²) < 4.78 is 5.18. The monoisotopic (exact) mass is 251 g/mol. The SMILES string of the molecule is CCCCC(=O)NCCOCCBr. The van der Waals surface area contributed by atoms with Crippen molar-refractivity contribution in [2.24, 2.45) is 0 Å². The predicted octanol–water partition coefficient (Wildman–Crippen LogP) is 1.70. The lowest BCUT2D eigenvalue weighted by molar-refractivity contribution is -0.121. The van der Waals surface area contributed by atoms with Crippen molar-refractivity contribution in [2.75, 3.05) is 25.1 Å². The maximum absolute atomic E-state index is 11.1. The molecule has 0 atom stereocenters. The van der Waals surface area contributed by atoms with Gasteiger partial charge in [0, 0.05) is 18.3 Å². The summed E-state index contributed by atoms with van der Waals surface area (Å²) in [7, 11) is 0. The molecule has 4 heteroatoms. The number of carbonyl (C=O) groups excluding carboxylic acids is 1. The second kappa shape index (κ2) is 9.99. The molecule has 0 spiro atoms. The van der Waals surface area contributed by atoms with Crippen molar-refractivity contribution in [3.8, 4) is 0 Å². The summed E-state index contributed by atoms with van der Waals surface area (Å²) >= 11 is 3.25. The molecular weight excluding hydrogens is 234 g/mol. The van der Waals surface area contributed by atoms with Gasteiger partial charge in [-0.1, -0.05) is 29.3 Å². The molecule has 1 amide bonds. The van der Waals surface area contributed by atoms with Gasteiger partial charge in [0.05, 0.1) is 13.2 Å². The van der Waals surface area contributed by atoms with Gasteiger partial charge in [-0.05, 0) is 6.42 Å². The van der Waals surface area contributed by atoms with Gasteiger partial charge in [-0.25, -0.2) is 0 Å². The normalized spacial score (nSPS) is 10.0. The first-order valence-corrected chi connectivity index (χ1v) is 5.83. The van der Waals surface area contributed by atoms with Gasteiger partial charge in [-0.2, -0.15) is 0 Å². The fourth-order valence-corrected chi connectivity index (χ4v) is 1.07. The molecule has 3 nitrogen and oxygen atoms in total. The van der Waals surface area contributed by atoms with Crippen LogP contribution >= 0.6 is 15.9 Å². The minimum atomic E-state index is 0.129. The Hall–Kier alpha value is -0.0900. The molecule has 0 aliphatic rings. The highest BCUT2D eigenvalue weighted by Gasteiger charge is 1.97. The van der Waals surface area contributed by atoms with Crippen molar-refractivity contribution >= 4 is 21.8 Å². The van der Waals surface area contributed by atoms with Gasteiger partial charge in [-0.3, -0.25) is 4.79 Å². The summed E-state index contributed by atoms with van der Waals surface area (Å²) in [5.41, 5.74) is 0. The number of halogens is 1. The molecule has 0 aliphatic carbocycles. The number of carbonyl (C=O) groups is 1. The summed E-state index contributed by atoms with van der Waals surface area (Å²) in [6.07, 6.45) is 2.66. The van der Waals surface area contributed by atoms with Crippen LogP contribution in [0.2, 0.25) is 0 Å². The lowest BCUT2D eigenvalue weighted by Gasteiger charge is -2.04. The van der Waals surface area contributed by atoms with Crippen LogP contribution in [0.15, 0.2) is 0 Å². The van der Waals surface area contributed by atoms with Gasteiger partial charge < -0.3 is 10.1 Å². The molecule has 78 valence electrons. The van der Waals surface area contributed by atoms with Crippen molar-refractivity contribution in [3.05, 3.63) is 0 Å². The summed E-state index contributed by atoms with van der Waals surface area (Å²) in [5.74, 6) is 0.129. The van der Waals surface area contributed by atoms with E-state index >= 15 is 0 Å². The maximum Gasteiger partial charge on any atom is 0.220 e. The standard InChI is InChI=1S/C9H18BrNO2/c1-2-3-4-9(12)11-6-8-13-7-5-10/h2-8H2,1H3,(H,11,12). The van der Waals surface area contributed by atoms with E-state index in [0.717, 1.165) is 18.2 Å². The largest absolute Gasteiger partial charge is 0.379 e. The number of nitrogens with one attached hydrogen (secondary N) is 1. The number of rotatable bonds is 8. The molecule has 0 aromatic heterocycles. The third-order valence-electron chi connectivity index (χ3n) is 1.55. The van der Waals surface area contributed by atoms with Crippen LogP contribution in [-0.4, -0.2) is 31.0 Å².